The van der Waals surface area contributed by atoms with Crippen molar-refractivity contribution in [1.29, 1.82) is 0 Å². The van der Waals surface area contributed by atoms with Crippen LogP contribution in [0.25, 0.3) is 6.08 Å². The highest BCUT2D eigenvalue weighted by Crippen LogP contribution is 2.25. The summed E-state index contributed by atoms with van der Waals surface area (Å²) in [6.45, 7) is 1.37. The SMILES string of the molecule is CC(=O)NN1C(=O)[C@@H](Oc2ccccc2)[C@H]1C=Cc1ccccc1. The van der Waals surface area contributed by atoms with Crippen molar-refractivity contribution in [3.8, 4) is 5.75 Å². The second-order valence-electron chi connectivity index (χ2n) is 5.49. The van der Waals surface area contributed by atoms with Crippen LogP contribution in [0.4, 0.5) is 0 Å². The van der Waals surface area contributed by atoms with Gasteiger partial charge in [0.2, 0.25) is 12.0 Å². The van der Waals surface area contributed by atoms with E-state index in [0.717, 1.165) is 5.56 Å². The van der Waals surface area contributed by atoms with Crippen LogP contribution in [0, 0.1) is 0 Å². The van der Waals surface area contributed by atoms with Gasteiger partial charge >= 0.3 is 0 Å². The van der Waals surface area contributed by atoms with Crippen molar-refractivity contribution in [2.75, 3.05) is 0 Å². The van der Waals surface area contributed by atoms with E-state index in [1.165, 1.54) is 11.9 Å². The Labute approximate surface area is 140 Å². The van der Waals surface area contributed by atoms with E-state index in [1.807, 2.05) is 60.7 Å². The smallest absolute Gasteiger partial charge is 0.285 e. The van der Waals surface area contributed by atoms with Gasteiger partial charge in [0.05, 0.1) is 0 Å². The van der Waals surface area contributed by atoms with Crippen molar-refractivity contribution < 1.29 is 14.3 Å². The lowest BCUT2D eigenvalue weighted by atomic mass is 9.99. The van der Waals surface area contributed by atoms with Crippen molar-refractivity contribution in [3.63, 3.8) is 0 Å². The number of rotatable bonds is 5. The molecule has 1 fully saturated rings. The van der Waals surface area contributed by atoms with Crippen LogP contribution in [0.5, 0.6) is 5.75 Å². The van der Waals surface area contributed by atoms with Crippen LogP contribution in [-0.2, 0) is 9.59 Å². The zero-order valence-corrected chi connectivity index (χ0v) is 13.3. The summed E-state index contributed by atoms with van der Waals surface area (Å²) in [5.41, 5.74) is 3.56. The lowest BCUT2D eigenvalue weighted by Crippen LogP contribution is -2.71. The first-order valence-electron chi connectivity index (χ1n) is 7.70. The molecule has 0 bridgehead atoms. The highest BCUT2D eigenvalue weighted by Gasteiger charge is 2.49. The zero-order chi connectivity index (χ0) is 16.9. The third-order valence-corrected chi connectivity index (χ3v) is 3.66. The second-order valence-corrected chi connectivity index (χ2v) is 5.49. The van der Waals surface area contributed by atoms with Crippen molar-refractivity contribution in [2.45, 2.75) is 19.1 Å². The number of ether oxygens (including phenoxy) is 1. The third-order valence-electron chi connectivity index (χ3n) is 3.66. The summed E-state index contributed by atoms with van der Waals surface area (Å²) in [5, 5.41) is 1.30. The molecule has 1 heterocycles. The van der Waals surface area contributed by atoms with Crippen LogP contribution in [0.3, 0.4) is 0 Å². The molecule has 0 aromatic heterocycles. The quantitative estimate of drug-likeness (QED) is 0.860. The van der Waals surface area contributed by atoms with E-state index in [-0.39, 0.29) is 17.9 Å². The third kappa shape index (κ3) is 3.46. The summed E-state index contributed by atoms with van der Waals surface area (Å²) in [5.74, 6) is 0.0628. The van der Waals surface area contributed by atoms with E-state index in [1.54, 1.807) is 12.1 Å². The number of para-hydroxylation sites is 1. The number of carbonyl (C=O) groups is 2. The van der Waals surface area contributed by atoms with E-state index in [9.17, 15) is 9.59 Å². The lowest BCUT2D eigenvalue weighted by Gasteiger charge is -2.44. The second kappa shape index (κ2) is 7.00. The van der Waals surface area contributed by atoms with Gasteiger partial charge in [-0.3, -0.25) is 15.0 Å². The topological polar surface area (TPSA) is 58.6 Å². The van der Waals surface area contributed by atoms with Crippen LogP contribution >= 0.6 is 0 Å². The molecule has 5 heteroatoms. The summed E-state index contributed by atoms with van der Waals surface area (Å²) in [7, 11) is 0. The molecule has 0 saturated carbocycles. The number of β-lactam (4-membered cyclic amide) rings is 1. The summed E-state index contributed by atoms with van der Waals surface area (Å²) in [4.78, 5) is 23.6. The maximum Gasteiger partial charge on any atom is 0.285 e. The first kappa shape index (κ1) is 15.8. The first-order valence-corrected chi connectivity index (χ1v) is 7.70. The molecule has 2 aromatic rings. The number of amides is 2. The Kier molecular flexibility index (Phi) is 4.61. The molecule has 1 aliphatic heterocycles. The number of hydrogen-bond acceptors (Lipinski definition) is 3. The number of nitrogens with zero attached hydrogens (tertiary/aromatic N) is 1. The minimum atomic E-state index is -0.654. The zero-order valence-electron chi connectivity index (χ0n) is 13.3. The predicted molar refractivity (Wildman–Crippen MR) is 90.8 cm³/mol. The van der Waals surface area contributed by atoms with Crippen LogP contribution in [0.15, 0.2) is 66.7 Å². The van der Waals surface area contributed by atoms with Gasteiger partial charge in [0.1, 0.15) is 11.8 Å². The summed E-state index contributed by atoms with van der Waals surface area (Å²) >= 11 is 0. The molecule has 122 valence electrons. The standard InChI is InChI=1S/C19H18N2O3/c1-14(22)20-21-17(13-12-15-8-4-2-5-9-15)18(19(21)23)24-16-10-6-3-7-11-16/h2-13,17-18H,1H3,(H,20,22)/t17-,18+/m1/s1. The highest BCUT2D eigenvalue weighted by atomic mass is 16.5. The molecular weight excluding hydrogens is 304 g/mol. The van der Waals surface area contributed by atoms with E-state index in [2.05, 4.69) is 5.43 Å². The molecule has 1 saturated heterocycles. The Balaban J connectivity index is 1.77. The normalized spacial score (nSPS) is 19.9. The largest absolute Gasteiger partial charge is 0.478 e. The number of hydrogen-bond donors (Lipinski definition) is 1. The van der Waals surface area contributed by atoms with Gasteiger partial charge in [-0.25, -0.2) is 5.01 Å². The van der Waals surface area contributed by atoms with E-state index < -0.39 is 6.10 Å². The minimum Gasteiger partial charge on any atom is -0.478 e. The van der Waals surface area contributed by atoms with E-state index >= 15 is 0 Å². The molecule has 0 unspecified atom stereocenters. The monoisotopic (exact) mass is 322 g/mol. The maximum absolute atomic E-state index is 12.3. The Morgan fingerprint density at radius 2 is 1.71 bits per heavy atom. The van der Waals surface area contributed by atoms with Gasteiger partial charge in [-0.05, 0) is 17.7 Å². The average Bonchev–Trinajstić information content (AvgIpc) is 2.61. The highest BCUT2D eigenvalue weighted by molar-refractivity contribution is 5.91. The number of carbonyl (C=O) groups excluding carboxylic acids is 2. The van der Waals surface area contributed by atoms with Crippen molar-refractivity contribution in [2.24, 2.45) is 0 Å². The van der Waals surface area contributed by atoms with Gasteiger partial charge in [0, 0.05) is 6.92 Å². The molecule has 24 heavy (non-hydrogen) atoms. The Morgan fingerprint density at radius 3 is 2.33 bits per heavy atom. The number of nitrogens with one attached hydrogen (secondary N) is 1. The molecule has 2 aromatic carbocycles. The van der Waals surface area contributed by atoms with Gasteiger partial charge in [-0.15, -0.1) is 0 Å². The average molecular weight is 322 g/mol. The number of hydrazine groups is 1. The molecule has 2 amide bonds. The summed E-state index contributed by atoms with van der Waals surface area (Å²) < 4.78 is 5.78. The minimum absolute atomic E-state index is 0.267. The van der Waals surface area contributed by atoms with Gasteiger partial charge in [-0.1, -0.05) is 60.7 Å². The summed E-state index contributed by atoms with van der Waals surface area (Å²) in [6, 6.07) is 18.6. The maximum atomic E-state index is 12.3. The fourth-order valence-electron chi connectivity index (χ4n) is 2.51. The first-order chi connectivity index (χ1) is 11.6. The summed E-state index contributed by atoms with van der Waals surface area (Å²) in [6.07, 6.45) is 3.12. The molecule has 0 aliphatic carbocycles. The molecule has 5 nitrogen and oxygen atoms in total. The molecule has 2 atom stereocenters. The lowest BCUT2D eigenvalue weighted by molar-refractivity contribution is -0.168. The van der Waals surface area contributed by atoms with Crippen molar-refractivity contribution in [1.82, 2.24) is 10.4 Å². The van der Waals surface area contributed by atoms with Gasteiger partial charge in [0.25, 0.3) is 5.91 Å². The van der Waals surface area contributed by atoms with E-state index in [0.29, 0.717) is 5.75 Å². The van der Waals surface area contributed by atoms with Crippen LogP contribution in [-0.4, -0.2) is 29.0 Å². The van der Waals surface area contributed by atoms with Gasteiger partial charge < -0.3 is 4.74 Å². The molecule has 3 rings (SSSR count). The van der Waals surface area contributed by atoms with Crippen molar-refractivity contribution >= 4 is 17.9 Å². The van der Waals surface area contributed by atoms with Gasteiger partial charge in [0.15, 0.2) is 0 Å². The van der Waals surface area contributed by atoms with Crippen molar-refractivity contribution in [3.05, 3.63) is 72.3 Å². The molecule has 1 aliphatic rings. The Hall–Kier alpha value is -3.08. The Bertz CT molecular complexity index is 744. The van der Waals surface area contributed by atoms with Crippen LogP contribution in [0.1, 0.15) is 12.5 Å². The fourth-order valence-corrected chi connectivity index (χ4v) is 2.51. The Morgan fingerprint density at radius 1 is 1.08 bits per heavy atom. The van der Waals surface area contributed by atoms with Gasteiger partial charge in [-0.2, -0.15) is 0 Å². The van der Waals surface area contributed by atoms with Crippen LogP contribution < -0.4 is 10.2 Å². The molecule has 1 N–H and O–H groups in total. The predicted octanol–water partition coefficient (Wildman–Crippen LogP) is 2.41. The molecular formula is C19H18N2O3. The molecule has 0 spiro atoms. The fraction of sp³-hybridized carbons (Fsp3) is 0.158. The van der Waals surface area contributed by atoms with E-state index in [4.69, 9.17) is 4.74 Å². The number of benzene rings is 2. The molecule has 0 radical (unpaired) electrons. The van der Waals surface area contributed by atoms with Crippen LogP contribution in [0.2, 0.25) is 0 Å².